The smallest absolute Gasteiger partial charge is 0.311 e. The van der Waals surface area contributed by atoms with Crippen LogP contribution in [0.4, 0.5) is 11.4 Å². The molecule has 0 aliphatic carbocycles. The molecule has 0 aromatic heterocycles. The van der Waals surface area contributed by atoms with Gasteiger partial charge in [0, 0.05) is 30.9 Å². The molecule has 7 heteroatoms. The highest BCUT2D eigenvalue weighted by Crippen LogP contribution is 2.34. The first-order valence-corrected chi connectivity index (χ1v) is 6.31. The second-order valence-electron chi connectivity index (χ2n) is 5.02. The Labute approximate surface area is 115 Å². The van der Waals surface area contributed by atoms with Crippen molar-refractivity contribution in [2.75, 3.05) is 18.0 Å². The quantitative estimate of drug-likeness (QED) is 0.654. The van der Waals surface area contributed by atoms with Crippen molar-refractivity contribution in [3.8, 4) is 5.75 Å². The molecule has 2 rings (SSSR count). The summed E-state index contributed by atoms with van der Waals surface area (Å²) in [6.45, 7) is 4.41. The minimum Gasteiger partial charge on any atom is -0.484 e. The van der Waals surface area contributed by atoms with Gasteiger partial charge in [-0.05, 0) is 19.9 Å². The Balaban J connectivity index is 2.20. The summed E-state index contributed by atoms with van der Waals surface area (Å²) in [6, 6.07) is 4.60. The number of nitrogens with zero attached hydrogens (tertiary/aromatic N) is 2. The molecule has 1 aliphatic heterocycles. The normalized spacial score (nSPS) is 15.1. The summed E-state index contributed by atoms with van der Waals surface area (Å²) in [7, 11) is 0. The molecule has 0 bridgehead atoms. The molecular formula is C13H16N2O5. The summed E-state index contributed by atoms with van der Waals surface area (Å²) in [6.07, 6.45) is -0.174. The lowest BCUT2D eigenvalue weighted by Crippen LogP contribution is -2.50. The summed E-state index contributed by atoms with van der Waals surface area (Å²) < 4.78 is 5.46. The molecular weight excluding hydrogens is 264 g/mol. The fourth-order valence-electron chi connectivity index (χ4n) is 2.04. The molecule has 1 heterocycles. The predicted molar refractivity (Wildman–Crippen MR) is 72.2 cm³/mol. The number of hydrogen-bond donors (Lipinski definition) is 1. The summed E-state index contributed by atoms with van der Waals surface area (Å²) >= 11 is 0. The first-order chi connectivity index (χ1) is 9.38. The van der Waals surface area contributed by atoms with E-state index in [1.54, 1.807) is 26.0 Å². The van der Waals surface area contributed by atoms with E-state index in [0.717, 1.165) is 5.69 Å². The Bertz CT molecular complexity index is 538. The average Bonchev–Trinajstić information content (AvgIpc) is 2.25. The Morgan fingerprint density at radius 1 is 1.50 bits per heavy atom. The number of carboxylic acid groups (broad SMARTS) is 1. The van der Waals surface area contributed by atoms with Gasteiger partial charge in [-0.3, -0.25) is 14.9 Å². The molecule has 0 unspecified atom stereocenters. The number of aliphatic carboxylic acids is 1. The van der Waals surface area contributed by atoms with E-state index >= 15 is 0 Å². The van der Waals surface area contributed by atoms with Crippen LogP contribution < -0.4 is 9.64 Å². The third kappa shape index (κ3) is 2.81. The second kappa shape index (κ2) is 5.36. The number of anilines is 1. The van der Waals surface area contributed by atoms with Gasteiger partial charge in [0.1, 0.15) is 0 Å². The number of nitro benzene ring substituents is 1. The molecule has 1 aromatic rings. The van der Waals surface area contributed by atoms with Crippen LogP contribution in [0.5, 0.6) is 5.75 Å². The molecule has 0 amide bonds. The van der Waals surface area contributed by atoms with Crippen LogP contribution in [-0.4, -0.2) is 35.2 Å². The van der Waals surface area contributed by atoms with Crippen molar-refractivity contribution >= 4 is 17.3 Å². The number of hydrogen-bond acceptors (Lipinski definition) is 5. The van der Waals surface area contributed by atoms with Gasteiger partial charge in [0.15, 0.2) is 5.75 Å². The number of nitro groups is 1. The molecule has 0 spiro atoms. The van der Waals surface area contributed by atoms with Gasteiger partial charge in [-0.25, -0.2) is 0 Å². The molecule has 0 radical (unpaired) electrons. The predicted octanol–water partition coefficient (Wildman–Crippen LogP) is 1.90. The number of benzene rings is 1. The molecule has 1 N–H and O–H groups in total. The standard InChI is InChI=1S/C13H16N2O5/c1-8(2)20-12-5-10(3-4-11(12)15(18)19)14-6-9(7-14)13(16)17/h3-5,8-9H,6-7H2,1-2H3,(H,16,17). The highest BCUT2D eigenvalue weighted by atomic mass is 16.6. The summed E-state index contributed by atoms with van der Waals surface area (Å²) in [4.78, 5) is 23.1. The van der Waals surface area contributed by atoms with Gasteiger partial charge in [0.25, 0.3) is 0 Å². The van der Waals surface area contributed by atoms with Crippen LogP contribution in [0.25, 0.3) is 0 Å². The van der Waals surface area contributed by atoms with Crippen molar-refractivity contribution < 1.29 is 19.6 Å². The van der Waals surface area contributed by atoms with E-state index in [2.05, 4.69) is 0 Å². The van der Waals surface area contributed by atoms with Crippen molar-refractivity contribution in [1.29, 1.82) is 0 Å². The van der Waals surface area contributed by atoms with Crippen molar-refractivity contribution in [2.24, 2.45) is 5.92 Å². The summed E-state index contributed by atoms with van der Waals surface area (Å²) in [5.74, 6) is -0.984. The van der Waals surface area contributed by atoms with E-state index in [-0.39, 0.29) is 23.5 Å². The maximum absolute atomic E-state index is 10.9. The lowest BCUT2D eigenvalue weighted by Gasteiger charge is -2.38. The SMILES string of the molecule is CC(C)Oc1cc(N2CC(C(=O)O)C2)ccc1[N+](=O)[O-]. The molecule has 20 heavy (non-hydrogen) atoms. The van der Waals surface area contributed by atoms with E-state index in [1.165, 1.54) is 6.07 Å². The van der Waals surface area contributed by atoms with Gasteiger partial charge in [-0.1, -0.05) is 0 Å². The maximum atomic E-state index is 10.9. The lowest BCUT2D eigenvalue weighted by atomic mass is 9.99. The number of ether oxygens (including phenoxy) is 1. The topological polar surface area (TPSA) is 92.9 Å². The van der Waals surface area contributed by atoms with Crippen LogP contribution in [0, 0.1) is 16.0 Å². The zero-order chi connectivity index (χ0) is 14.9. The van der Waals surface area contributed by atoms with Crippen LogP contribution in [0.3, 0.4) is 0 Å². The zero-order valence-electron chi connectivity index (χ0n) is 11.3. The largest absolute Gasteiger partial charge is 0.484 e. The van der Waals surface area contributed by atoms with Crippen LogP contribution in [0.15, 0.2) is 18.2 Å². The van der Waals surface area contributed by atoms with E-state index in [1.807, 2.05) is 4.90 Å². The van der Waals surface area contributed by atoms with Gasteiger partial charge >= 0.3 is 11.7 Å². The van der Waals surface area contributed by atoms with Gasteiger partial charge in [0.05, 0.1) is 16.9 Å². The number of carbonyl (C=O) groups is 1. The maximum Gasteiger partial charge on any atom is 0.311 e. The molecule has 0 atom stereocenters. The Kier molecular flexibility index (Phi) is 3.78. The monoisotopic (exact) mass is 280 g/mol. The fraction of sp³-hybridized carbons (Fsp3) is 0.462. The van der Waals surface area contributed by atoms with Crippen molar-refractivity contribution in [3.63, 3.8) is 0 Å². The highest BCUT2D eigenvalue weighted by Gasteiger charge is 2.33. The summed E-state index contributed by atoms with van der Waals surface area (Å²) in [5, 5.41) is 19.8. The van der Waals surface area contributed by atoms with E-state index < -0.39 is 10.9 Å². The lowest BCUT2D eigenvalue weighted by molar-refractivity contribution is -0.386. The van der Waals surface area contributed by atoms with Crippen LogP contribution in [0.2, 0.25) is 0 Å². The van der Waals surface area contributed by atoms with E-state index in [4.69, 9.17) is 9.84 Å². The van der Waals surface area contributed by atoms with Crippen molar-refractivity contribution in [3.05, 3.63) is 28.3 Å². The molecule has 108 valence electrons. The molecule has 1 saturated heterocycles. The fourth-order valence-corrected chi connectivity index (χ4v) is 2.04. The Morgan fingerprint density at radius 2 is 2.15 bits per heavy atom. The van der Waals surface area contributed by atoms with Gasteiger partial charge < -0.3 is 14.7 Å². The Morgan fingerprint density at radius 3 is 2.65 bits per heavy atom. The molecule has 7 nitrogen and oxygen atoms in total. The zero-order valence-corrected chi connectivity index (χ0v) is 11.3. The van der Waals surface area contributed by atoms with Crippen LogP contribution in [-0.2, 0) is 4.79 Å². The van der Waals surface area contributed by atoms with Crippen molar-refractivity contribution in [1.82, 2.24) is 0 Å². The van der Waals surface area contributed by atoms with Crippen molar-refractivity contribution in [2.45, 2.75) is 20.0 Å². The average molecular weight is 280 g/mol. The van der Waals surface area contributed by atoms with Crippen LogP contribution >= 0.6 is 0 Å². The number of rotatable bonds is 5. The highest BCUT2D eigenvalue weighted by molar-refractivity contribution is 5.75. The van der Waals surface area contributed by atoms with Gasteiger partial charge in [0.2, 0.25) is 0 Å². The molecule has 0 saturated carbocycles. The first kappa shape index (κ1) is 14.1. The second-order valence-corrected chi connectivity index (χ2v) is 5.02. The minimum atomic E-state index is -0.818. The molecule has 1 aromatic carbocycles. The first-order valence-electron chi connectivity index (χ1n) is 6.31. The van der Waals surface area contributed by atoms with E-state index in [0.29, 0.717) is 13.1 Å². The summed E-state index contributed by atoms with van der Waals surface area (Å²) in [5.41, 5.74) is 0.654. The van der Waals surface area contributed by atoms with Gasteiger partial charge in [-0.15, -0.1) is 0 Å². The van der Waals surface area contributed by atoms with Gasteiger partial charge in [-0.2, -0.15) is 0 Å². The Hall–Kier alpha value is -2.31. The van der Waals surface area contributed by atoms with Crippen LogP contribution in [0.1, 0.15) is 13.8 Å². The van der Waals surface area contributed by atoms with E-state index in [9.17, 15) is 14.9 Å². The third-order valence-corrected chi connectivity index (χ3v) is 3.10. The minimum absolute atomic E-state index is 0.0854. The third-order valence-electron chi connectivity index (χ3n) is 3.10. The number of carboxylic acids is 1. The molecule has 1 aliphatic rings. The molecule has 1 fully saturated rings.